The molecule has 1 heterocycles. The summed E-state index contributed by atoms with van der Waals surface area (Å²) in [5.41, 5.74) is 13.0. The van der Waals surface area contributed by atoms with E-state index in [9.17, 15) is 0 Å². The van der Waals surface area contributed by atoms with Crippen molar-refractivity contribution >= 4 is 70.1 Å². The molecule has 272 valence electrons. The van der Waals surface area contributed by atoms with E-state index in [0.29, 0.717) is 0 Å². The number of rotatable bonds is 7. The van der Waals surface area contributed by atoms with Crippen LogP contribution in [-0.2, 0) is 0 Å². The first-order valence-electron chi connectivity index (χ1n) is 19.8. The first-order valence-corrected chi connectivity index (χ1v) is 20.6. The van der Waals surface area contributed by atoms with E-state index >= 15 is 0 Å². The summed E-state index contributed by atoms with van der Waals surface area (Å²) in [6.07, 6.45) is 0. The van der Waals surface area contributed by atoms with Crippen molar-refractivity contribution < 1.29 is 0 Å². The molecule has 0 radical (unpaired) electrons. The Hall–Kier alpha value is -7.26. The molecule has 58 heavy (non-hydrogen) atoms. The Morgan fingerprint density at radius 3 is 1.52 bits per heavy atom. The van der Waals surface area contributed by atoms with Gasteiger partial charge in [0, 0.05) is 37.1 Å². The molecule has 0 aliphatic carbocycles. The molecule has 2 heteroatoms. The minimum atomic E-state index is 1.10. The van der Waals surface area contributed by atoms with Gasteiger partial charge in [-0.3, -0.25) is 0 Å². The highest BCUT2D eigenvalue weighted by molar-refractivity contribution is 7.25. The van der Waals surface area contributed by atoms with Crippen molar-refractivity contribution in [3.05, 3.63) is 224 Å². The highest BCUT2D eigenvalue weighted by Crippen LogP contribution is 2.44. The Labute approximate surface area is 342 Å². The third kappa shape index (κ3) is 6.03. The van der Waals surface area contributed by atoms with E-state index in [1.807, 2.05) is 11.3 Å². The second-order valence-corrected chi connectivity index (χ2v) is 16.0. The van der Waals surface area contributed by atoms with Gasteiger partial charge >= 0.3 is 0 Å². The molecule has 0 aliphatic heterocycles. The Kier molecular flexibility index (Phi) is 8.42. The van der Waals surface area contributed by atoms with Crippen LogP contribution < -0.4 is 4.90 Å². The van der Waals surface area contributed by atoms with Crippen LogP contribution in [0.1, 0.15) is 0 Å². The van der Waals surface area contributed by atoms with E-state index in [-0.39, 0.29) is 0 Å². The standard InChI is InChI=1S/C56H37NS/c1-3-18-47-39(12-1)14-10-22-49(47)41-28-26-38(27-29-41)43-16-9-17-46(36-43)57(45-33-30-42(31-34-45)50-23-11-15-40-13-2-4-19-48(40)50)54-24-7-5-20-51(54)44-32-35-53-52-21-6-8-25-55(52)58-56(53)37-44/h1-37H. The second-order valence-electron chi connectivity index (χ2n) is 14.9. The van der Waals surface area contributed by atoms with Crippen LogP contribution in [-0.4, -0.2) is 0 Å². The van der Waals surface area contributed by atoms with E-state index in [2.05, 4.69) is 229 Å². The van der Waals surface area contributed by atoms with Gasteiger partial charge in [0.2, 0.25) is 0 Å². The number of thiophene rings is 1. The normalized spacial score (nSPS) is 11.4. The quantitative estimate of drug-likeness (QED) is 0.157. The fraction of sp³-hybridized carbons (Fsp3) is 0. The smallest absolute Gasteiger partial charge is 0.0540 e. The average molecular weight is 756 g/mol. The van der Waals surface area contributed by atoms with Gasteiger partial charge in [-0.1, -0.05) is 182 Å². The van der Waals surface area contributed by atoms with Crippen LogP contribution in [0.4, 0.5) is 17.1 Å². The lowest BCUT2D eigenvalue weighted by Crippen LogP contribution is -2.11. The largest absolute Gasteiger partial charge is 0.310 e. The van der Waals surface area contributed by atoms with Crippen molar-refractivity contribution in [2.24, 2.45) is 0 Å². The molecule has 1 nitrogen and oxygen atoms in total. The highest BCUT2D eigenvalue weighted by Gasteiger charge is 2.19. The molecule has 0 saturated carbocycles. The molecule has 0 N–H and O–H groups in total. The summed E-state index contributed by atoms with van der Waals surface area (Å²) in [5.74, 6) is 0. The third-order valence-corrected chi connectivity index (χ3v) is 12.6. The summed E-state index contributed by atoms with van der Waals surface area (Å²) in [5, 5.41) is 7.66. The zero-order valence-corrected chi connectivity index (χ0v) is 32.5. The van der Waals surface area contributed by atoms with Crippen LogP contribution in [0, 0.1) is 0 Å². The first kappa shape index (κ1) is 34.0. The number of nitrogens with zero attached hydrogens (tertiary/aromatic N) is 1. The SMILES string of the molecule is c1cc(-c2ccc(-c3cccc4ccccc34)cc2)cc(N(c2ccc(-c3cccc4ccccc34)cc2)c2ccccc2-c2ccc3c(c2)sc2ccccc23)c1. The van der Waals surface area contributed by atoms with Crippen LogP contribution in [0.3, 0.4) is 0 Å². The molecule has 0 bridgehead atoms. The van der Waals surface area contributed by atoms with Gasteiger partial charge in [-0.05, 0) is 103 Å². The summed E-state index contributed by atoms with van der Waals surface area (Å²) < 4.78 is 2.62. The second kappa shape index (κ2) is 14.4. The molecular weight excluding hydrogens is 719 g/mol. The average Bonchev–Trinajstić information content (AvgIpc) is 3.67. The molecule has 0 unspecified atom stereocenters. The molecule has 0 saturated heterocycles. The first-order chi connectivity index (χ1) is 28.7. The monoisotopic (exact) mass is 755 g/mol. The molecule has 0 aliphatic rings. The fourth-order valence-corrected chi connectivity index (χ4v) is 9.79. The lowest BCUT2D eigenvalue weighted by molar-refractivity contribution is 1.28. The lowest BCUT2D eigenvalue weighted by atomic mass is 9.96. The topological polar surface area (TPSA) is 3.24 Å². The zero-order chi connectivity index (χ0) is 38.4. The molecule has 0 fully saturated rings. The van der Waals surface area contributed by atoms with E-state index in [1.54, 1.807) is 0 Å². The minimum absolute atomic E-state index is 1.10. The zero-order valence-electron chi connectivity index (χ0n) is 31.7. The van der Waals surface area contributed by atoms with Crippen molar-refractivity contribution in [3.8, 4) is 44.5 Å². The number of para-hydroxylation sites is 1. The fourth-order valence-electron chi connectivity index (χ4n) is 8.64. The van der Waals surface area contributed by atoms with Crippen molar-refractivity contribution in [3.63, 3.8) is 0 Å². The van der Waals surface area contributed by atoms with E-state index in [0.717, 1.165) is 17.1 Å². The number of benzene rings is 10. The van der Waals surface area contributed by atoms with E-state index in [1.165, 1.54) is 86.2 Å². The molecule has 0 atom stereocenters. The molecule has 10 aromatic carbocycles. The summed E-state index contributed by atoms with van der Waals surface area (Å²) in [4.78, 5) is 2.42. The van der Waals surface area contributed by atoms with Crippen LogP contribution in [0.2, 0.25) is 0 Å². The maximum atomic E-state index is 2.42. The van der Waals surface area contributed by atoms with Gasteiger partial charge in [-0.25, -0.2) is 0 Å². The Morgan fingerprint density at radius 2 is 0.793 bits per heavy atom. The van der Waals surface area contributed by atoms with Gasteiger partial charge in [0.05, 0.1) is 5.69 Å². The molecule has 1 aromatic heterocycles. The van der Waals surface area contributed by atoms with Crippen molar-refractivity contribution in [2.75, 3.05) is 4.90 Å². The predicted molar refractivity (Wildman–Crippen MR) is 251 cm³/mol. The Morgan fingerprint density at radius 1 is 0.276 bits per heavy atom. The number of anilines is 3. The van der Waals surface area contributed by atoms with Crippen molar-refractivity contribution in [1.29, 1.82) is 0 Å². The number of fused-ring (bicyclic) bond motifs is 5. The van der Waals surface area contributed by atoms with Crippen molar-refractivity contribution in [1.82, 2.24) is 0 Å². The maximum absolute atomic E-state index is 2.42. The summed E-state index contributed by atoms with van der Waals surface area (Å²) in [7, 11) is 0. The predicted octanol–water partition coefficient (Wildman–Crippen LogP) is 16.5. The Bertz CT molecular complexity index is 3270. The van der Waals surface area contributed by atoms with Crippen molar-refractivity contribution in [2.45, 2.75) is 0 Å². The van der Waals surface area contributed by atoms with Crippen LogP contribution in [0.25, 0.3) is 86.2 Å². The summed E-state index contributed by atoms with van der Waals surface area (Å²) in [6, 6.07) is 82.0. The molecule has 11 rings (SSSR count). The molecule has 0 amide bonds. The number of hydrogen-bond acceptors (Lipinski definition) is 2. The van der Waals surface area contributed by atoms with Gasteiger partial charge < -0.3 is 4.90 Å². The van der Waals surface area contributed by atoms with E-state index < -0.39 is 0 Å². The van der Waals surface area contributed by atoms with Gasteiger partial charge in [-0.15, -0.1) is 11.3 Å². The third-order valence-electron chi connectivity index (χ3n) is 11.5. The number of hydrogen-bond donors (Lipinski definition) is 0. The van der Waals surface area contributed by atoms with Crippen LogP contribution in [0.5, 0.6) is 0 Å². The van der Waals surface area contributed by atoms with Gasteiger partial charge in [0.15, 0.2) is 0 Å². The molecule has 11 aromatic rings. The summed E-state index contributed by atoms with van der Waals surface area (Å²) >= 11 is 1.86. The Balaban J connectivity index is 1.03. The highest BCUT2D eigenvalue weighted by atomic mass is 32.1. The molecule has 0 spiro atoms. The maximum Gasteiger partial charge on any atom is 0.0540 e. The van der Waals surface area contributed by atoms with Gasteiger partial charge in [0.1, 0.15) is 0 Å². The lowest BCUT2D eigenvalue weighted by Gasteiger charge is -2.28. The van der Waals surface area contributed by atoms with E-state index in [4.69, 9.17) is 0 Å². The molecular formula is C56H37NS. The minimum Gasteiger partial charge on any atom is -0.310 e. The van der Waals surface area contributed by atoms with Gasteiger partial charge in [0.25, 0.3) is 0 Å². The van der Waals surface area contributed by atoms with Crippen LogP contribution >= 0.6 is 11.3 Å². The summed E-state index contributed by atoms with van der Waals surface area (Å²) in [6.45, 7) is 0. The van der Waals surface area contributed by atoms with Crippen LogP contribution in [0.15, 0.2) is 224 Å². The van der Waals surface area contributed by atoms with Gasteiger partial charge in [-0.2, -0.15) is 0 Å².